The van der Waals surface area contributed by atoms with Crippen LogP contribution >= 0.6 is 0 Å². The van der Waals surface area contributed by atoms with Gasteiger partial charge in [-0.05, 0) is 38.7 Å². The molecular weight excluding hydrogens is 320 g/mol. The molecule has 1 aliphatic carbocycles. The molecule has 1 aromatic carbocycles. The Bertz CT molecular complexity index is 661. The van der Waals surface area contributed by atoms with Gasteiger partial charge in [-0.3, -0.25) is 4.79 Å². The summed E-state index contributed by atoms with van der Waals surface area (Å²) < 4.78 is 5.77. The minimum absolute atomic E-state index is 0.0604. The summed E-state index contributed by atoms with van der Waals surface area (Å²) in [6.45, 7) is 5.13. The van der Waals surface area contributed by atoms with Crippen LogP contribution in [0.4, 0.5) is 4.79 Å². The van der Waals surface area contributed by atoms with E-state index in [1.165, 1.54) is 0 Å². The van der Waals surface area contributed by atoms with Crippen molar-refractivity contribution < 1.29 is 19.4 Å². The molecule has 1 aromatic rings. The average molecular weight is 346 g/mol. The number of benzene rings is 1. The van der Waals surface area contributed by atoms with Crippen LogP contribution in [0.25, 0.3) is 0 Å². The van der Waals surface area contributed by atoms with Crippen molar-refractivity contribution in [1.29, 1.82) is 0 Å². The lowest BCUT2D eigenvalue weighted by Gasteiger charge is -2.23. The Hall–Kier alpha value is -2.24. The van der Waals surface area contributed by atoms with Gasteiger partial charge in [-0.15, -0.1) is 0 Å². The molecule has 2 aliphatic rings. The van der Waals surface area contributed by atoms with Gasteiger partial charge in [0.25, 0.3) is 0 Å². The van der Waals surface area contributed by atoms with Crippen molar-refractivity contribution in [1.82, 2.24) is 10.2 Å². The highest BCUT2D eigenvalue weighted by Crippen LogP contribution is 2.48. The number of carboxylic acid groups (broad SMARTS) is 1. The van der Waals surface area contributed by atoms with Crippen molar-refractivity contribution in [3.8, 4) is 5.75 Å². The highest BCUT2D eigenvalue weighted by atomic mass is 16.5. The predicted molar refractivity (Wildman–Crippen MR) is 93.4 cm³/mol. The van der Waals surface area contributed by atoms with E-state index in [0.717, 1.165) is 24.2 Å². The largest absolute Gasteiger partial charge is 0.491 e. The molecule has 0 spiro atoms. The molecule has 2 amide bonds. The lowest BCUT2D eigenvalue weighted by Crippen LogP contribution is -2.41. The van der Waals surface area contributed by atoms with E-state index in [4.69, 9.17) is 4.74 Å². The number of likely N-dealkylation sites (tertiary alicyclic amines) is 1. The van der Waals surface area contributed by atoms with Crippen LogP contribution in [0, 0.1) is 11.3 Å². The molecule has 2 fully saturated rings. The molecule has 1 saturated carbocycles. The number of carbonyl (C=O) groups excluding carboxylic acids is 1. The summed E-state index contributed by atoms with van der Waals surface area (Å²) in [7, 11) is 0. The molecule has 136 valence electrons. The number of carbonyl (C=O) groups is 2. The molecule has 1 aliphatic heterocycles. The second kappa shape index (κ2) is 6.94. The van der Waals surface area contributed by atoms with E-state index in [1.54, 1.807) is 4.90 Å². The normalized spacial score (nSPS) is 25.1. The molecule has 0 bridgehead atoms. The van der Waals surface area contributed by atoms with Gasteiger partial charge in [-0.2, -0.15) is 0 Å². The lowest BCUT2D eigenvalue weighted by atomic mass is 9.81. The molecule has 3 rings (SSSR count). The Morgan fingerprint density at radius 1 is 1.40 bits per heavy atom. The number of nitrogens with one attached hydrogen (secondary N) is 1. The van der Waals surface area contributed by atoms with E-state index in [2.05, 4.69) is 5.32 Å². The average Bonchev–Trinajstić information content (AvgIpc) is 3.11. The third kappa shape index (κ3) is 3.43. The Morgan fingerprint density at radius 3 is 2.84 bits per heavy atom. The maximum atomic E-state index is 12.5. The fourth-order valence-corrected chi connectivity index (χ4v) is 4.09. The zero-order valence-electron chi connectivity index (χ0n) is 14.8. The van der Waals surface area contributed by atoms with Gasteiger partial charge in [-0.25, -0.2) is 4.79 Å². The van der Waals surface area contributed by atoms with Gasteiger partial charge in [0.2, 0.25) is 0 Å². The lowest BCUT2D eigenvalue weighted by molar-refractivity contribution is -0.149. The molecule has 1 heterocycles. The van der Waals surface area contributed by atoms with Crippen LogP contribution in [0.5, 0.6) is 5.75 Å². The van der Waals surface area contributed by atoms with Crippen molar-refractivity contribution in [2.24, 2.45) is 11.3 Å². The second-order valence-electron chi connectivity index (χ2n) is 7.36. The van der Waals surface area contributed by atoms with Gasteiger partial charge in [-0.1, -0.05) is 24.6 Å². The number of urea groups is 1. The maximum absolute atomic E-state index is 12.5. The van der Waals surface area contributed by atoms with Gasteiger partial charge in [0, 0.05) is 25.2 Å². The van der Waals surface area contributed by atoms with Crippen molar-refractivity contribution >= 4 is 12.0 Å². The Labute approximate surface area is 148 Å². The predicted octanol–water partition coefficient (Wildman–Crippen LogP) is 2.87. The van der Waals surface area contributed by atoms with Crippen molar-refractivity contribution in [3.63, 3.8) is 0 Å². The SMILES string of the molecule is CC(C)Oc1ccccc1CNC(=O)N1C[C@@H]2CCC[C@@]2(C(=O)O)C1. The molecule has 25 heavy (non-hydrogen) atoms. The standard InChI is InChI=1S/C19H26N2O4/c1-13(2)25-16-8-4-3-6-14(16)10-20-18(24)21-11-15-7-5-9-19(15,12-21)17(22)23/h3-4,6,8,13,15H,5,7,9-12H2,1-2H3,(H,20,24)(H,22,23)/t15-,19+/m0/s1. The number of ether oxygens (including phenoxy) is 1. The number of aliphatic carboxylic acids is 1. The van der Waals surface area contributed by atoms with Gasteiger partial charge >= 0.3 is 12.0 Å². The number of carboxylic acids is 1. The van der Waals surface area contributed by atoms with Gasteiger partial charge in [0.15, 0.2) is 0 Å². The number of hydrogen-bond donors (Lipinski definition) is 2. The van der Waals surface area contributed by atoms with Crippen LogP contribution < -0.4 is 10.1 Å². The maximum Gasteiger partial charge on any atom is 0.317 e. The molecule has 6 nitrogen and oxygen atoms in total. The first-order chi connectivity index (χ1) is 11.9. The summed E-state index contributed by atoms with van der Waals surface area (Å²) in [5.74, 6) is 0.0754. The molecule has 0 aromatic heterocycles. The Balaban J connectivity index is 1.62. The van der Waals surface area contributed by atoms with Gasteiger partial charge in [0.05, 0.1) is 11.5 Å². The highest BCUT2D eigenvalue weighted by Gasteiger charge is 2.55. The Kier molecular flexibility index (Phi) is 4.88. The van der Waals surface area contributed by atoms with Crippen LogP contribution in [0.1, 0.15) is 38.7 Å². The zero-order valence-corrected chi connectivity index (χ0v) is 14.8. The number of fused-ring (bicyclic) bond motifs is 1. The van der Waals surface area contributed by atoms with Crippen LogP contribution in [0.2, 0.25) is 0 Å². The minimum atomic E-state index is -0.763. The molecule has 6 heteroatoms. The Morgan fingerprint density at radius 2 is 2.16 bits per heavy atom. The monoisotopic (exact) mass is 346 g/mol. The smallest absolute Gasteiger partial charge is 0.317 e. The summed E-state index contributed by atoms with van der Waals surface area (Å²) >= 11 is 0. The number of hydrogen-bond acceptors (Lipinski definition) is 3. The number of amides is 2. The summed E-state index contributed by atoms with van der Waals surface area (Å²) in [4.78, 5) is 25.9. The summed E-state index contributed by atoms with van der Waals surface area (Å²) in [6, 6.07) is 7.43. The summed E-state index contributed by atoms with van der Waals surface area (Å²) in [5, 5.41) is 12.5. The minimum Gasteiger partial charge on any atom is -0.491 e. The van der Waals surface area contributed by atoms with Crippen molar-refractivity contribution in [2.75, 3.05) is 13.1 Å². The molecule has 0 unspecified atom stereocenters. The van der Waals surface area contributed by atoms with E-state index in [9.17, 15) is 14.7 Å². The van der Waals surface area contributed by atoms with Gasteiger partial charge < -0.3 is 20.1 Å². The fourth-order valence-electron chi connectivity index (χ4n) is 4.09. The quantitative estimate of drug-likeness (QED) is 0.859. The van der Waals surface area contributed by atoms with Crippen LogP contribution in [0.3, 0.4) is 0 Å². The summed E-state index contributed by atoms with van der Waals surface area (Å²) in [5.41, 5.74) is 0.174. The van der Waals surface area contributed by atoms with Gasteiger partial charge in [0.1, 0.15) is 5.75 Å². The molecule has 2 atom stereocenters. The third-order valence-corrected chi connectivity index (χ3v) is 5.35. The summed E-state index contributed by atoms with van der Waals surface area (Å²) in [6.07, 6.45) is 2.56. The van der Waals surface area contributed by atoms with Crippen molar-refractivity contribution in [3.05, 3.63) is 29.8 Å². The number of para-hydroxylation sites is 1. The van der Waals surface area contributed by atoms with Crippen LogP contribution in [-0.2, 0) is 11.3 Å². The van der Waals surface area contributed by atoms with E-state index >= 15 is 0 Å². The van der Waals surface area contributed by atoms with Crippen LogP contribution in [0.15, 0.2) is 24.3 Å². The molecule has 0 radical (unpaired) electrons. The third-order valence-electron chi connectivity index (χ3n) is 5.35. The fraction of sp³-hybridized carbons (Fsp3) is 0.579. The molecular formula is C19H26N2O4. The second-order valence-corrected chi connectivity index (χ2v) is 7.36. The van der Waals surface area contributed by atoms with E-state index in [-0.39, 0.29) is 18.1 Å². The zero-order chi connectivity index (χ0) is 18.0. The van der Waals surface area contributed by atoms with Crippen molar-refractivity contribution in [2.45, 2.75) is 45.8 Å². The van der Waals surface area contributed by atoms with E-state index in [1.807, 2.05) is 38.1 Å². The topological polar surface area (TPSA) is 78.9 Å². The first-order valence-electron chi connectivity index (χ1n) is 8.93. The first kappa shape index (κ1) is 17.6. The molecule has 2 N–H and O–H groups in total. The molecule has 1 saturated heterocycles. The van der Waals surface area contributed by atoms with E-state index < -0.39 is 11.4 Å². The highest BCUT2D eigenvalue weighted by molar-refractivity contribution is 5.80. The first-order valence-corrected chi connectivity index (χ1v) is 8.93. The van der Waals surface area contributed by atoms with E-state index in [0.29, 0.717) is 26.1 Å². The van der Waals surface area contributed by atoms with Crippen LogP contribution in [-0.4, -0.2) is 41.2 Å². The number of nitrogens with zero attached hydrogens (tertiary/aromatic N) is 1. The number of rotatable bonds is 5.